The van der Waals surface area contributed by atoms with Crippen molar-refractivity contribution in [1.82, 2.24) is 10.2 Å². The molecule has 0 aromatic carbocycles. The number of rotatable bonds is 5. The number of allylic oxidation sites excluding steroid dienone is 3. The van der Waals surface area contributed by atoms with Gasteiger partial charge in [-0.3, -0.25) is 4.79 Å². The molecule has 0 amide bonds. The minimum atomic E-state index is -0.815. The molecule has 1 unspecified atom stereocenters. The summed E-state index contributed by atoms with van der Waals surface area (Å²) >= 11 is 0. The topological polar surface area (TPSA) is 65.4 Å². The number of carbonyl (C=O) groups excluding carboxylic acids is 1. The monoisotopic (exact) mass is 305 g/mol. The Morgan fingerprint density at radius 1 is 1.64 bits per heavy atom. The molecule has 0 aromatic heterocycles. The van der Waals surface area contributed by atoms with Gasteiger partial charge in [0.1, 0.15) is 5.92 Å². The van der Waals surface area contributed by atoms with Crippen LogP contribution < -0.4 is 5.32 Å². The number of halogens is 1. The number of nitriles is 1. The second-order valence-electron chi connectivity index (χ2n) is 5.48. The van der Waals surface area contributed by atoms with Gasteiger partial charge < -0.3 is 15.0 Å². The van der Waals surface area contributed by atoms with Crippen molar-refractivity contribution in [2.75, 3.05) is 26.7 Å². The Hall–Kier alpha value is -2.29. The highest BCUT2D eigenvalue weighted by Crippen LogP contribution is 2.36. The number of ketones is 1. The zero-order valence-electron chi connectivity index (χ0n) is 12.9. The number of nitrogens with zero attached hydrogens (tertiary/aromatic N) is 2. The molecule has 22 heavy (non-hydrogen) atoms. The SMILES string of the molecule is COC1=C(F)C(C#N)CC(C)=C1CC(=O)CN1C=CNCC1. The average Bonchev–Trinajstić information content (AvgIpc) is 2.51. The predicted octanol–water partition coefficient (Wildman–Crippen LogP) is 2.01. The molecule has 0 bridgehead atoms. The third kappa shape index (κ3) is 3.48. The Kier molecular flexibility index (Phi) is 5.21. The molecular formula is C16H20FN3O2. The van der Waals surface area contributed by atoms with E-state index in [-0.39, 0.29) is 24.5 Å². The standard InChI is InChI=1S/C16H20FN3O2/c1-11-7-12(9-18)15(17)16(22-2)14(11)8-13(21)10-20-5-3-19-4-6-20/h3,5,12,19H,4,6-8,10H2,1-2H3. The molecule has 2 aliphatic rings. The van der Waals surface area contributed by atoms with Crippen LogP contribution in [0.15, 0.2) is 35.1 Å². The fourth-order valence-corrected chi connectivity index (χ4v) is 2.70. The van der Waals surface area contributed by atoms with E-state index in [0.29, 0.717) is 12.0 Å². The van der Waals surface area contributed by atoms with Gasteiger partial charge >= 0.3 is 0 Å². The number of nitrogens with one attached hydrogen (secondary N) is 1. The highest BCUT2D eigenvalue weighted by molar-refractivity contribution is 5.84. The molecule has 6 heteroatoms. The van der Waals surface area contributed by atoms with Crippen LogP contribution in [0.2, 0.25) is 0 Å². The Morgan fingerprint density at radius 3 is 3.00 bits per heavy atom. The summed E-state index contributed by atoms with van der Waals surface area (Å²) in [7, 11) is 1.37. The van der Waals surface area contributed by atoms with E-state index in [2.05, 4.69) is 5.32 Å². The molecule has 5 nitrogen and oxygen atoms in total. The summed E-state index contributed by atoms with van der Waals surface area (Å²) in [5.41, 5.74) is 1.42. The van der Waals surface area contributed by atoms with Gasteiger partial charge in [0.2, 0.25) is 0 Å². The Balaban J connectivity index is 2.10. The van der Waals surface area contributed by atoms with Gasteiger partial charge in [-0.05, 0) is 13.3 Å². The molecule has 1 aliphatic carbocycles. The van der Waals surface area contributed by atoms with E-state index in [4.69, 9.17) is 10.00 Å². The number of hydrogen-bond acceptors (Lipinski definition) is 5. The van der Waals surface area contributed by atoms with E-state index in [1.807, 2.05) is 24.1 Å². The molecule has 2 rings (SSSR count). The maximum atomic E-state index is 14.2. The number of Topliss-reactive ketones (excluding diaryl/α,β-unsaturated/α-hetero) is 1. The van der Waals surface area contributed by atoms with E-state index >= 15 is 0 Å². The van der Waals surface area contributed by atoms with Crippen molar-refractivity contribution < 1.29 is 13.9 Å². The summed E-state index contributed by atoms with van der Waals surface area (Å²) in [5.74, 6) is -1.33. The van der Waals surface area contributed by atoms with Crippen molar-refractivity contribution in [2.24, 2.45) is 5.92 Å². The quantitative estimate of drug-likeness (QED) is 0.841. The minimum Gasteiger partial charge on any atom is -0.494 e. The summed E-state index contributed by atoms with van der Waals surface area (Å²) in [6, 6.07) is 1.93. The van der Waals surface area contributed by atoms with Crippen LogP contribution in [-0.2, 0) is 9.53 Å². The van der Waals surface area contributed by atoms with E-state index in [0.717, 1.165) is 18.7 Å². The summed E-state index contributed by atoms with van der Waals surface area (Å²) in [6.45, 7) is 3.67. The number of ether oxygens (including phenoxy) is 1. The smallest absolute Gasteiger partial charge is 0.159 e. The van der Waals surface area contributed by atoms with Crippen LogP contribution >= 0.6 is 0 Å². The summed E-state index contributed by atoms with van der Waals surface area (Å²) in [4.78, 5) is 14.2. The zero-order valence-corrected chi connectivity index (χ0v) is 12.9. The van der Waals surface area contributed by atoms with E-state index in [9.17, 15) is 9.18 Å². The van der Waals surface area contributed by atoms with E-state index < -0.39 is 11.7 Å². The molecule has 0 radical (unpaired) electrons. The lowest BCUT2D eigenvalue weighted by Gasteiger charge is -2.25. The van der Waals surface area contributed by atoms with Crippen LogP contribution in [0.4, 0.5) is 4.39 Å². The van der Waals surface area contributed by atoms with Crippen LogP contribution in [0.5, 0.6) is 0 Å². The third-order valence-electron chi connectivity index (χ3n) is 3.88. The largest absolute Gasteiger partial charge is 0.494 e. The molecule has 118 valence electrons. The number of carbonyl (C=O) groups is 1. The van der Waals surface area contributed by atoms with Gasteiger partial charge in [0, 0.05) is 37.5 Å². The van der Waals surface area contributed by atoms with Gasteiger partial charge in [-0.1, -0.05) is 5.57 Å². The Labute approximate surface area is 129 Å². The van der Waals surface area contributed by atoms with E-state index in [1.54, 1.807) is 6.20 Å². The first kappa shape index (κ1) is 16.1. The van der Waals surface area contributed by atoms with Crippen LogP contribution in [0.25, 0.3) is 0 Å². The normalized spacial score (nSPS) is 21.5. The molecule has 0 saturated heterocycles. The first-order valence-corrected chi connectivity index (χ1v) is 7.25. The summed E-state index contributed by atoms with van der Waals surface area (Å²) in [6.07, 6.45) is 4.08. The second-order valence-corrected chi connectivity index (χ2v) is 5.48. The van der Waals surface area contributed by atoms with Crippen LogP contribution in [-0.4, -0.2) is 37.4 Å². The van der Waals surface area contributed by atoms with Gasteiger partial charge in [-0.2, -0.15) is 5.26 Å². The second kappa shape index (κ2) is 7.12. The van der Waals surface area contributed by atoms with Gasteiger partial charge in [0.05, 0.1) is 19.7 Å². The minimum absolute atomic E-state index is 0.00124. The van der Waals surface area contributed by atoms with Crippen LogP contribution in [0, 0.1) is 17.2 Å². The molecule has 1 atom stereocenters. The summed E-state index contributed by atoms with van der Waals surface area (Å²) in [5, 5.41) is 12.0. The molecule has 0 fully saturated rings. The average molecular weight is 305 g/mol. The predicted molar refractivity (Wildman–Crippen MR) is 79.9 cm³/mol. The number of hydrogen-bond donors (Lipinski definition) is 1. The molecule has 1 aliphatic heterocycles. The third-order valence-corrected chi connectivity index (χ3v) is 3.88. The van der Waals surface area contributed by atoms with Crippen molar-refractivity contribution in [1.29, 1.82) is 5.26 Å². The van der Waals surface area contributed by atoms with E-state index in [1.165, 1.54) is 7.11 Å². The fourth-order valence-electron chi connectivity index (χ4n) is 2.70. The van der Waals surface area contributed by atoms with Crippen molar-refractivity contribution in [2.45, 2.75) is 19.8 Å². The van der Waals surface area contributed by atoms with Crippen molar-refractivity contribution in [3.63, 3.8) is 0 Å². The lowest BCUT2D eigenvalue weighted by atomic mass is 9.86. The molecule has 0 spiro atoms. The maximum Gasteiger partial charge on any atom is 0.159 e. The molecule has 0 saturated carbocycles. The van der Waals surface area contributed by atoms with Gasteiger partial charge in [0.15, 0.2) is 17.4 Å². The number of methoxy groups -OCH3 is 1. The summed E-state index contributed by atoms with van der Waals surface area (Å²) < 4.78 is 19.3. The molecule has 1 heterocycles. The van der Waals surface area contributed by atoms with Gasteiger partial charge in [-0.15, -0.1) is 0 Å². The fraction of sp³-hybridized carbons (Fsp3) is 0.500. The first-order chi connectivity index (χ1) is 10.6. The van der Waals surface area contributed by atoms with Crippen LogP contribution in [0.1, 0.15) is 19.8 Å². The molecule has 1 N–H and O–H groups in total. The molecular weight excluding hydrogens is 285 g/mol. The maximum absolute atomic E-state index is 14.2. The van der Waals surface area contributed by atoms with Crippen LogP contribution in [0.3, 0.4) is 0 Å². The van der Waals surface area contributed by atoms with Crippen molar-refractivity contribution >= 4 is 5.78 Å². The Bertz CT molecular complexity index is 587. The molecule has 0 aromatic rings. The lowest BCUT2D eigenvalue weighted by Crippen LogP contribution is -2.35. The van der Waals surface area contributed by atoms with Crippen molar-refractivity contribution in [3.05, 3.63) is 35.1 Å². The highest BCUT2D eigenvalue weighted by atomic mass is 19.1. The first-order valence-electron chi connectivity index (χ1n) is 7.25. The van der Waals surface area contributed by atoms with Gasteiger partial charge in [0.25, 0.3) is 0 Å². The zero-order chi connectivity index (χ0) is 16.1. The van der Waals surface area contributed by atoms with Crippen molar-refractivity contribution in [3.8, 4) is 6.07 Å². The highest BCUT2D eigenvalue weighted by Gasteiger charge is 2.30. The Morgan fingerprint density at radius 2 is 2.41 bits per heavy atom. The lowest BCUT2D eigenvalue weighted by molar-refractivity contribution is -0.119. The van der Waals surface area contributed by atoms with Gasteiger partial charge in [-0.25, -0.2) is 4.39 Å².